The first-order chi connectivity index (χ1) is 10.5. The van der Waals surface area contributed by atoms with Gasteiger partial charge in [-0.3, -0.25) is 0 Å². The van der Waals surface area contributed by atoms with Crippen LogP contribution in [0.4, 0.5) is 0 Å². The molecule has 0 amide bonds. The van der Waals surface area contributed by atoms with E-state index in [0.29, 0.717) is 19.1 Å². The van der Waals surface area contributed by atoms with Crippen molar-refractivity contribution in [3.63, 3.8) is 0 Å². The van der Waals surface area contributed by atoms with Crippen LogP contribution in [0.2, 0.25) is 0 Å². The molecule has 0 atom stereocenters. The number of benzene rings is 2. The maximum absolute atomic E-state index is 5.72. The standard InChI is InChI=1S/C20H24O2/c1-14(2)15-5-7-16(8-6-15)20(3,4)17-9-10-18-19(13-17)22-12-11-21-18/h5-10,13-14H,11-12H2,1-4H3. The van der Waals surface area contributed by atoms with Crippen LogP contribution in [0.3, 0.4) is 0 Å². The normalized spacial score (nSPS) is 14.2. The first kappa shape index (κ1) is 15.0. The highest BCUT2D eigenvalue weighted by Gasteiger charge is 2.25. The fourth-order valence-electron chi connectivity index (χ4n) is 2.88. The summed E-state index contributed by atoms with van der Waals surface area (Å²) in [5, 5.41) is 0. The Kier molecular flexibility index (Phi) is 3.86. The quantitative estimate of drug-likeness (QED) is 0.801. The SMILES string of the molecule is CC(C)c1ccc(C(C)(C)c2ccc3c(c2)OCCO3)cc1. The topological polar surface area (TPSA) is 18.5 Å². The van der Waals surface area contributed by atoms with Crippen LogP contribution in [0.15, 0.2) is 42.5 Å². The van der Waals surface area contributed by atoms with E-state index in [4.69, 9.17) is 9.47 Å². The van der Waals surface area contributed by atoms with Crippen LogP contribution in [0.5, 0.6) is 11.5 Å². The second kappa shape index (κ2) is 5.68. The molecule has 1 aliphatic rings. The molecule has 22 heavy (non-hydrogen) atoms. The molecule has 2 nitrogen and oxygen atoms in total. The first-order valence-corrected chi connectivity index (χ1v) is 7.99. The summed E-state index contributed by atoms with van der Waals surface area (Å²) in [6, 6.07) is 15.2. The van der Waals surface area contributed by atoms with E-state index < -0.39 is 0 Å². The Morgan fingerprint density at radius 3 is 2.05 bits per heavy atom. The van der Waals surface area contributed by atoms with Crippen molar-refractivity contribution in [2.45, 2.75) is 39.0 Å². The summed E-state index contributed by atoms with van der Waals surface area (Å²) in [6.45, 7) is 10.2. The van der Waals surface area contributed by atoms with Crippen molar-refractivity contribution in [1.82, 2.24) is 0 Å². The van der Waals surface area contributed by atoms with Crippen molar-refractivity contribution in [3.8, 4) is 11.5 Å². The molecule has 0 unspecified atom stereocenters. The van der Waals surface area contributed by atoms with Crippen molar-refractivity contribution in [1.29, 1.82) is 0 Å². The summed E-state index contributed by atoms with van der Waals surface area (Å²) < 4.78 is 11.3. The molecular formula is C20H24O2. The Bertz CT molecular complexity index is 654. The molecule has 0 spiro atoms. The number of rotatable bonds is 3. The van der Waals surface area contributed by atoms with Crippen LogP contribution in [-0.4, -0.2) is 13.2 Å². The molecule has 116 valence electrons. The van der Waals surface area contributed by atoms with E-state index in [9.17, 15) is 0 Å². The Morgan fingerprint density at radius 1 is 0.818 bits per heavy atom. The molecule has 2 aromatic rings. The molecule has 0 N–H and O–H groups in total. The van der Waals surface area contributed by atoms with Gasteiger partial charge in [-0.1, -0.05) is 58.0 Å². The molecular weight excluding hydrogens is 272 g/mol. The Labute approximate surface area is 133 Å². The van der Waals surface area contributed by atoms with E-state index in [1.807, 2.05) is 6.07 Å². The van der Waals surface area contributed by atoms with Gasteiger partial charge in [-0.15, -0.1) is 0 Å². The molecule has 0 fully saturated rings. The first-order valence-electron chi connectivity index (χ1n) is 7.99. The second-order valence-electron chi connectivity index (χ2n) is 6.76. The van der Waals surface area contributed by atoms with E-state index in [1.165, 1.54) is 16.7 Å². The monoisotopic (exact) mass is 296 g/mol. The minimum atomic E-state index is -0.0641. The summed E-state index contributed by atoms with van der Waals surface area (Å²) in [7, 11) is 0. The average molecular weight is 296 g/mol. The van der Waals surface area contributed by atoms with Gasteiger partial charge in [0.15, 0.2) is 11.5 Å². The largest absolute Gasteiger partial charge is 0.486 e. The van der Waals surface area contributed by atoms with Crippen molar-refractivity contribution in [3.05, 3.63) is 59.2 Å². The van der Waals surface area contributed by atoms with Gasteiger partial charge < -0.3 is 9.47 Å². The molecule has 0 bridgehead atoms. The van der Waals surface area contributed by atoms with Gasteiger partial charge in [0.2, 0.25) is 0 Å². The van der Waals surface area contributed by atoms with Crippen molar-refractivity contribution in [2.24, 2.45) is 0 Å². The molecule has 0 aromatic heterocycles. The average Bonchev–Trinajstić information content (AvgIpc) is 2.54. The summed E-state index contributed by atoms with van der Waals surface area (Å²) in [4.78, 5) is 0. The number of fused-ring (bicyclic) bond motifs is 1. The minimum absolute atomic E-state index is 0.0641. The Balaban J connectivity index is 1.94. The van der Waals surface area contributed by atoms with Crippen LogP contribution in [0.1, 0.15) is 50.3 Å². The van der Waals surface area contributed by atoms with Crippen LogP contribution in [-0.2, 0) is 5.41 Å². The summed E-state index contributed by atoms with van der Waals surface area (Å²) in [6.07, 6.45) is 0. The van der Waals surface area contributed by atoms with Crippen LogP contribution in [0, 0.1) is 0 Å². The van der Waals surface area contributed by atoms with Gasteiger partial charge in [0.05, 0.1) is 0 Å². The lowest BCUT2D eigenvalue weighted by molar-refractivity contribution is 0.171. The smallest absolute Gasteiger partial charge is 0.161 e. The third-order valence-corrected chi connectivity index (χ3v) is 4.56. The molecule has 0 saturated carbocycles. The summed E-state index contributed by atoms with van der Waals surface area (Å²) in [5.41, 5.74) is 3.87. The van der Waals surface area contributed by atoms with E-state index in [2.05, 4.69) is 64.1 Å². The highest BCUT2D eigenvalue weighted by atomic mass is 16.6. The van der Waals surface area contributed by atoms with E-state index >= 15 is 0 Å². The zero-order valence-corrected chi connectivity index (χ0v) is 13.8. The molecule has 3 rings (SSSR count). The fourth-order valence-corrected chi connectivity index (χ4v) is 2.88. The third kappa shape index (κ3) is 2.70. The minimum Gasteiger partial charge on any atom is -0.486 e. The van der Waals surface area contributed by atoms with E-state index in [0.717, 1.165) is 11.5 Å². The molecule has 0 saturated heterocycles. The Hall–Kier alpha value is -1.96. The maximum Gasteiger partial charge on any atom is 0.161 e. The molecule has 2 heteroatoms. The lowest BCUT2D eigenvalue weighted by Crippen LogP contribution is -2.21. The summed E-state index contributed by atoms with van der Waals surface area (Å²) in [5.74, 6) is 2.27. The maximum atomic E-state index is 5.72. The molecule has 2 aromatic carbocycles. The molecule has 1 aliphatic heterocycles. The number of hydrogen-bond donors (Lipinski definition) is 0. The highest BCUT2D eigenvalue weighted by molar-refractivity contribution is 5.49. The highest BCUT2D eigenvalue weighted by Crippen LogP contribution is 2.38. The van der Waals surface area contributed by atoms with Crippen molar-refractivity contribution in [2.75, 3.05) is 13.2 Å². The van der Waals surface area contributed by atoms with Crippen molar-refractivity contribution >= 4 is 0 Å². The predicted octanol–water partition coefficient (Wildman–Crippen LogP) is 4.91. The molecule has 0 radical (unpaired) electrons. The number of hydrogen-bond acceptors (Lipinski definition) is 2. The van der Waals surface area contributed by atoms with Gasteiger partial charge in [-0.2, -0.15) is 0 Å². The molecule has 0 aliphatic carbocycles. The second-order valence-corrected chi connectivity index (χ2v) is 6.76. The van der Waals surface area contributed by atoms with E-state index in [-0.39, 0.29) is 5.41 Å². The van der Waals surface area contributed by atoms with Gasteiger partial charge in [0.25, 0.3) is 0 Å². The van der Waals surface area contributed by atoms with Gasteiger partial charge >= 0.3 is 0 Å². The van der Waals surface area contributed by atoms with Gasteiger partial charge in [0.1, 0.15) is 13.2 Å². The number of ether oxygens (including phenoxy) is 2. The van der Waals surface area contributed by atoms with Gasteiger partial charge in [-0.05, 0) is 34.7 Å². The van der Waals surface area contributed by atoms with Crippen LogP contribution < -0.4 is 9.47 Å². The van der Waals surface area contributed by atoms with Crippen LogP contribution >= 0.6 is 0 Å². The molecule has 1 heterocycles. The zero-order chi connectivity index (χ0) is 15.7. The van der Waals surface area contributed by atoms with Crippen molar-refractivity contribution < 1.29 is 9.47 Å². The lowest BCUT2D eigenvalue weighted by Gasteiger charge is -2.28. The zero-order valence-electron chi connectivity index (χ0n) is 13.8. The van der Waals surface area contributed by atoms with E-state index in [1.54, 1.807) is 0 Å². The fraction of sp³-hybridized carbons (Fsp3) is 0.400. The lowest BCUT2D eigenvalue weighted by atomic mass is 9.77. The van der Waals surface area contributed by atoms with Gasteiger partial charge in [0, 0.05) is 5.41 Å². The van der Waals surface area contributed by atoms with Crippen LogP contribution in [0.25, 0.3) is 0 Å². The summed E-state index contributed by atoms with van der Waals surface area (Å²) >= 11 is 0. The third-order valence-electron chi connectivity index (χ3n) is 4.56. The predicted molar refractivity (Wildman–Crippen MR) is 90.1 cm³/mol. The van der Waals surface area contributed by atoms with Gasteiger partial charge in [-0.25, -0.2) is 0 Å². The Morgan fingerprint density at radius 2 is 1.41 bits per heavy atom.